The average Bonchev–Trinajstić information content (AvgIpc) is 2.99. The Balaban J connectivity index is 1.55. The fraction of sp³-hybridized carbons (Fsp3) is 0.524. The second-order valence-electron chi connectivity index (χ2n) is 7.96. The van der Waals surface area contributed by atoms with Gasteiger partial charge in [0.05, 0.1) is 16.8 Å². The summed E-state index contributed by atoms with van der Waals surface area (Å²) in [5.41, 5.74) is 0.249. The van der Waals surface area contributed by atoms with E-state index in [0.29, 0.717) is 13.1 Å². The Labute approximate surface area is 178 Å². The highest BCUT2D eigenvalue weighted by molar-refractivity contribution is 6.23. The van der Waals surface area contributed by atoms with Crippen molar-refractivity contribution in [2.24, 2.45) is 5.92 Å². The third-order valence-electron chi connectivity index (χ3n) is 6.24. The lowest BCUT2D eigenvalue weighted by molar-refractivity contribution is -0.141. The summed E-state index contributed by atoms with van der Waals surface area (Å²) < 4.78 is 25.6. The van der Waals surface area contributed by atoms with Gasteiger partial charge in [-0.1, -0.05) is 0 Å². The van der Waals surface area contributed by atoms with Gasteiger partial charge >= 0.3 is 0 Å². The number of hydrogen-bond donors (Lipinski definition) is 1. The van der Waals surface area contributed by atoms with Crippen LogP contribution in [-0.2, 0) is 19.1 Å². The number of hydrogen-bond acceptors (Lipinski definition) is 7. The molecule has 3 aliphatic heterocycles. The molecule has 2 saturated heterocycles. The molecule has 4 amide bonds. The lowest BCUT2D eigenvalue weighted by Crippen LogP contribution is -2.54. The average molecular weight is 433 g/mol. The van der Waals surface area contributed by atoms with Gasteiger partial charge in [0.2, 0.25) is 11.8 Å². The molecule has 0 aromatic heterocycles. The molecular weight excluding hydrogens is 409 g/mol. The first-order valence-electron chi connectivity index (χ1n) is 10.2. The van der Waals surface area contributed by atoms with Crippen molar-refractivity contribution in [2.75, 3.05) is 32.2 Å². The third kappa shape index (κ3) is 3.70. The van der Waals surface area contributed by atoms with Gasteiger partial charge in [0.25, 0.3) is 11.8 Å². The Morgan fingerprint density at radius 2 is 1.61 bits per heavy atom. The number of halogens is 1. The van der Waals surface area contributed by atoms with E-state index >= 15 is 0 Å². The van der Waals surface area contributed by atoms with Crippen LogP contribution in [0.5, 0.6) is 0 Å². The third-order valence-corrected chi connectivity index (χ3v) is 6.24. The molecule has 0 aliphatic carbocycles. The fourth-order valence-electron chi connectivity index (χ4n) is 4.62. The first-order chi connectivity index (χ1) is 14.8. The van der Waals surface area contributed by atoms with Gasteiger partial charge in [-0.25, -0.2) is 4.39 Å². The van der Waals surface area contributed by atoms with Crippen LogP contribution in [0, 0.1) is 11.7 Å². The maximum Gasteiger partial charge on any atom is 0.262 e. The van der Waals surface area contributed by atoms with Crippen molar-refractivity contribution < 1.29 is 33.0 Å². The first kappa shape index (κ1) is 21.4. The minimum Gasteiger partial charge on any atom is -0.369 e. The number of fused-ring (bicyclic) bond motifs is 1. The molecule has 9 nitrogen and oxygen atoms in total. The Bertz CT molecular complexity index is 939. The Kier molecular flexibility index (Phi) is 5.76. The number of nitrogens with one attached hydrogen (secondary N) is 1. The number of nitrogens with zero attached hydrogens (tertiary/aromatic N) is 2. The highest BCUT2D eigenvalue weighted by atomic mass is 19.1. The van der Waals surface area contributed by atoms with E-state index in [1.165, 1.54) is 6.07 Å². The number of piperidine rings is 2. The molecule has 0 spiro atoms. The largest absolute Gasteiger partial charge is 0.369 e. The van der Waals surface area contributed by atoms with E-state index in [1.807, 2.05) is 4.90 Å². The highest BCUT2D eigenvalue weighted by Crippen LogP contribution is 2.34. The number of methoxy groups -OCH3 is 2. The van der Waals surface area contributed by atoms with Crippen LogP contribution in [0.2, 0.25) is 0 Å². The van der Waals surface area contributed by atoms with Gasteiger partial charge in [-0.2, -0.15) is 0 Å². The summed E-state index contributed by atoms with van der Waals surface area (Å²) in [6.07, 6.45) is 1.20. The number of rotatable bonds is 5. The second-order valence-corrected chi connectivity index (χ2v) is 7.96. The Morgan fingerprint density at radius 3 is 2.19 bits per heavy atom. The molecule has 10 heteroatoms. The topological polar surface area (TPSA) is 105 Å². The van der Waals surface area contributed by atoms with Crippen molar-refractivity contribution in [2.45, 2.75) is 38.0 Å². The quantitative estimate of drug-likeness (QED) is 0.547. The van der Waals surface area contributed by atoms with Crippen LogP contribution < -0.4 is 10.2 Å². The lowest BCUT2D eigenvalue weighted by Gasteiger charge is -2.36. The predicted octanol–water partition coefficient (Wildman–Crippen LogP) is 1.06. The van der Waals surface area contributed by atoms with Crippen molar-refractivity contribution in [3.05, 3.63) is 29.1 Å². The molecule has 2 fully saturated rings. The smallest absolute Gasteiger partial charge is 0.262 e. The molecule has 0 radical (unpaired) electrons. The van der Waals surface area contributed by atoms with E-state index < -0.39 is 35.5 Å². The first-order valence-corrected chi connectivity index (χ1v) is 10.2. The molecule has 31 heavy (non-hydrogen) atoms. The summed E-state index contributed by atoms with van der Waals surface area (Å²) in [4.78, 5) is 52.0. The predicted molar refractivity (Wildman–Crippen MR) is 106 cm³/mol. The highest BCUT2D eigenvalue weighted by Gasteiger charge is 2.45. The van der Waals surface area contributed by atoms with Crippen LogP contribution in [0.15, 0.2) is 12.1 Å². The van der Waals surface area contributed by atoms with Gasteiger partial charge in [-0.3, -0.25) is 29.4 Å². The van der Waals surface area contributed by atoms with Gasteiger partial charge in [0.1, 0.15) is 11.9 Å². The summed E-state index contributed by atoms with van der Waals surface area (Å²) in [6.45, 7) is 1.09. The van der Waals surface area contributed by atoms with Crippen LogP contribution in [0.4, 0.5) is 10.1 Å². The number of benzene rings is 1. The summed E-state index contributed by atoms with van der Waals surface area (Å²) in [5.74, 6) is -2.93. The van der Waals surface area contributed by atoms with Crippen molar-refractivity contribution in [3.63, 3.8) is 0 Å². The van der Waals surface area contributed by atoms with Crippen LogP contribution in [0.25, 0.3) is 0 Å². The molecule has 3 heterocycles. The zero-order chi connectivity index (χ0) is 22.3. The van der Waals surface area contributed by atoms with Crippen molar-refractivity contribution in [1.82, 2.24) is 10.2 Å². The lowest BCUT2D eigenvalue weighted by atomic mass is 9.95. The van der Waals surface area contributed by atoms with E-state index in [9.17, 15) is 23.6 Å². The normalized spacial score (nSPS) is 22.4. The zero-order valence-corrected chi connectivity index (χ0v) is 17.4. The fourth-order valence-corrected chi connectivity index (χ4v) is 4.62. The van der Waals surface area contributed by atoms with Crippen molar-refractivity contribution in [3.8, 4) is 0 Å². The van der Waals surface area contributed by atoms with Gasteiger partial charge in [-0.05, 0) is 31.4 Å². The van der Waals surface area contributed by atoms with Gasteiger partial charge in [-0.15, -0.1) is 0 Å². The standard InChI is InChI=1S/C21H24FN3O6/c1-30-21(31-2)11-5-7-24(8-6-11)16-10-13-12(9-14(16)22)19(28)25(20(13)29)15-3-4-17(26)23-18(15)27/h9-11,15,21H,3-8H2,1-2H3,(H,23,26,27). The summed E-state index contributed by atoms with van der Waals surface area (Å²) in [6, 6.07) is 1.38. The Hall–Kier alpha value is -2.85. The molecule has 4 rings (SSSR count). The van der Waals surface area contributed by atoms with Crippen LogP contribution >= 0.6 is 0 Å². The summed E-state index contributed by atoms with van der Waals surface area (Å²) in [5, 5.41) is 2.14. The monoisotopic (exact) mass is 433 g/mol. The van der Waals surface area contributed by atoms with E-state index in [1.54, 1.807) is 14.2 Å². The maximum atomic E-state index is 14.9. The van der Waals surface area contributed by atoms with Gasteiger partial charge < -0.3 is 14.4 Å². The minimum atomic E-state index is -1.08. The van der Waals surface area contributed by atoms with E-state index in [2.05, 4.69) is 5.32 Å². The summed E-state index contributed by atoms with van der Waals surface area (Å²) in [7, 11) is 3.16. The number of ether oxygens (including phenoxy) is 2. The van der Waals surface area contributed by atoms with Crippen molar-refractivity contribution in [1.29, 1.82) is 0 Å². The van der Waals surface area contributed by atoms with Crippen LogP contribution in [0.3, 0.4) is 0 Å². The van der Waals surface area contributed by atoms with E-state index in [4.69, 9.17) is 9.47 Å². The number of imide groups is 2. The SMILES string of the molecule is COC(OC)C1CCN(c2cc3c(cc2F)C(=O)N(C2CCC(=O)NC2=O)C3=O)CC1. The van der Waals surface area contributed by atoms with Gasteiger partial charge in [0.15, 0.2) is 6.29 Å². The molecule has 1 unspecified atom stereocenters. The molecule has 1 N–H and O–H groups in total. The molecule has 166 valence electrons. The molecular formula is C21H24FN3O6. The number of carbonyl (C=O) groups is 4. The molecule has 1 aromatic rings. The van der Waals surface area contributed by atoms with Crippen LogP contribution in [-0.4, -0.2) is 68.2 Å². The Morgan fingerprint density at radius 1 is 1.00 bits per heavy atom. The summed E-state index contributed by atoms with van der Waals surface area (Å²) >= 11 is 0. The second kappa shape index (κ2) is 8.35. The van der Waals surface area contributed by atoms with Crippen molar-refractivity contribution >= 4 is 29.3 Å². The maximum absolute atomic E-state index is 14.9. The van der Waals surface area contributed by atoms with Crippen LogP contribution in [0.1, 0.15) is 46.4 Å². The van der Waals surface area contributed by atoms with E-state index in [0.717, 1.165) is 23.8 Å². The molecule has 0 bridgehead atoms. The minimum absolute atomic E-state index is 0.0301. The number of carbonyl (C=O) groups excluding carboxylic acids is 4. The van der Waals surface area contributed by atoms with E-state index in [-0.39, 0.29) is 41.9 Å². The number of amides is 4. The molecule has 1 aromatic carbocycles. The molecule has 0 saturated carbocycles. The molecule has 3 aliphatic rings. The van der Waals surface area contributed by atoms with Gasteiger partial charge in [0, 0.05) is 39.6 Å². The number of anilines is 1. The molecule has 1 atom stereocenters. The zero-order valence-electron chi connectivity index (χ0n) is 17.4.